The highest BCUT2D eigenvalue weighted by Crippen LogP contribution is 2.48. The molecule has 23 heavy (non-hydrogen) atoms. The highest BCUT2D eigenvalue weighted by Gasteiger charge is 2.45. The number of hydrogen-bond donors (Lipinski definition) is 0. The van der Waals surface area contributed by atoms with Crippen molar-refractivity contribution in [2.24, 2.45) is 11.8 Å². The Bertz CT molecular complexity index is 382. The van der Waals surface area contributed by atoms with E-state index in [0.717, 1.165) is 5.54 Å². The van der Waals surface area contributed by atoms with E-state index in [2.05, 4.69) is 64.5 Å². The first kappa shape index (κ1) is 20.9. The standard InChI is InChI=1S/C20H40OSi2/c1-8-10-11-12-13-14-15-19-16-18(9-2)17-20(19)23(6,7)21-22(3,4)5/h9,14-15,18-20H,2,8,10-13,16-17H2,1,3-7H3. The van der Waals surface area contributed by atoms with Crippen molar-refractivity contribution >= 4 is 16.6 Å². The predicted octanol–water partition coefficient (Wildman–Crippen LogP) is 7.15. The van der Waals surface area contributed by atoms with Crippen LogP contribution in [0.5, 0.6) is 0 Å². The molecule has 3 atom stereocenters. The third kappa shape index (κ3) is 7.53. The van der Waals surface area contributed by atoms with E-state index in [1.54, 1.807) is 0 Å². The zero-order valence-corrected chi connectivity index (χ0v) is 18.5. The van der Waals surface area contributed by atoms with Crippen molar-refractivity contribution in [2.45, 2.75) is 90.1 Å². The molecule has 1 nitrogen and oxygen atoms in total. The van der Waals surface area contributed by atoms with Crippen molar-refractivity contribution in [3.8, 4) is 0 Å². The van der Waals surface area contributed by atoms with Crippen LogP contribution in [0.2, 0.25) is 38.3 Å². The molecule has 1 fully saturated rings. The Hall–Kier alpha value is -0.126. The summed E-state index contributed by atoms with van der Waals surface area (Å²) < 4.78 is 6.70. The zero-order valence-electron chi connectivity index (χ0n) is 16.5. The molecule has 0 aliphatic heterocycles. The largest absolute Gasteiger partial charge is 0.455 e. The number of unbranched alkanes of at least 4 members (excludes halogenated alkanes) is 4. The van der Waals surface area contributed by atoms with Gasteiger partial charge in [-0.2, -0.15) is 0 Å². The molecule has 134 valence electrons. The zero-order chi connectivity index (χ0) is 17.5. The van der Waals surface area contributed by atoms with E-state index in [1.807, 2.05) is 0 Å². The van der Waals surface area contributed by atoms with Crippen molar-refractivity contribution in [2.75, 3.05) is 0 Å². The fraction of sp³-hybridized carbons (Fsp3) is 0.800. The summed E-state index contributed by atoms with van der Waals surface area (Å²) in [7, 11) is -3.11. The monoisotopic (exact) mass is 352 g/mol. The molecule has 1 aliphatic carbocycles. The van der Waals surface area contributed by atoms with Gasteiger partial charge in [0.1, 0.15) is 0 Å². The van der Waals surface area contributed by atoms with Gasteiger partial charge in [0.2, 0.25) is 0 Å². The summed E-state index contributed by atoms with van der Waals surface area (Å²) in [6.07, 6.45) is 16.4. The summed E-state index contributed by atoms with van der Waals surface area (Å²) in [5, 5.41) is 0. The van der Waals surface area contributed by atoms with Crippen LogP contribution in [0.4, 0.5) is 0 Å². The minimum Gasteiger partial charge on any atom is -0.455 e. The van der Waals surface area contributed by atoms with Gasteiger partial charge in [-0.1, -0.05) is 44.4 Å². The lowest BCUT2D eigenvalue weighted by Crippen LogP contribution is -2.46. The average molecular weight is 353 g/mol. The number of hydrogen-bond acceptors (Lipinski definition) is 1. The average Bonchev–Trinajstić information content (AvgIpc) is 2.84. The molecule has 3 unspecified atom stereocenters. The molecule has 0 aromatic carbocycles. The summed E-state index contributed by atoms with van der Waals surface area (Å²) in [4.78, 5) is 0. The van der Waals surface area contributed by atoms with Crippen LogP contribution in [0.3, 0.4) is 0 Å². The van der Waals surface area contributed by atoms with E-state index in [0.29, 0.717) is 11.8 Å². The maximum Gasteiger partial charge on any atom is 0.177 e. The van der Waals surface area contributed by atoms with Gasteiger partial charge in [-0.3, -0.25) is 0 Å². The Morgan fingerprint density at radius 2 is 1.74 bits per heavy atom. The molecule has 0 aromatic heterocycles. The van der Waals surface area contributed by atoms with Gasteiger partial charge in [0, 0.05) is 0 Å². The van der Waals surface area contributed by atoms with E-state index >= 15 is 0 Å². The van der Waals surface area contributed by atoms with E-state index in [4.69, 9.17) is 4.12 Å². The van der Waals surface area contributed by atoms with Crippen LogP contribution in [-0.2, 0) is 4.12 Å². The van der Waals surface area contributed by atoms with E-state index in [-0.39, 0.29) is 0 Å². The number of rotatable bonds is 10. The van der Waals surface area contributed by atoms with Gasteiger partial charge in [-0.15, -0.1) is 6.58 Å². The first-order valence-corrected chi connectivity index (χ1v) is 16.1. The van der Waals surface area contributed by atoms with Crippen molar-refractivity contribution in [3.05, 3.63) is 24.8 Å². The van der Waals surface area contributed by atoms with Crippen LogP contribution in [0.15, 0.2) is 24.8 Å². The van der Waals surface area contributed by atoms with Crippen LogP contribution in [0.1, 0.15) is 51.9 Å². The second-order valence-corrected chi connectivity index (χ2v) is 17.8. The minimum atomic E-state index is -1.65. The van der Waals surface area contributed by atoms with Gasteiger partial charge in [0.05, 0.1) is 0 Å². The third-order valence-corrected chi connectivity index (χ3v) is 12.1. The van der Waals surface area contributed by atoms with Gasteiger partial charge < -0.3 is 4.12 Å². The van der Waals surface area contributed by atoms with E-state index in [1.165, 1.54) is 44.9 Å². The second-order valence-electron chi connectivity index (χ2n) is 8.83. The van der Waals surface area contributed by atoms with Crippen molar-refractivity contribution in [3.63, 3.8) is 0 Å². The molecular weight excluding hydrogens is 312 g/mol. The quantitative estimate of drug-likeness (QED) is 0.230. The van der Waals surface area contributed by atoms with Crippen molar-refractivity contribution < 1.29 is 4.12 Å². The van der Waals surface area contributed by atoms with Gasteiger partial charge in [-0.25, -0.2) is 0 Å². The molecule has 0 amide bonds. The summed E-state index contributed by atoms with van der Waals surface area (Å²) in [6, 6.07) is 0. The molecule has 3 heteroatoms. The fourth-order valence-corrected chi connectivity index (χ4v) is 13.2. The molecule has 0 bridgehead atoms. The molecule has 0 radical (unpaired) electrons. The topological polar surface area (TPSA) is 9.23 Å². The Morgan fingerprint density at radius 1 is 1.04 bits per heavy atom. The SMILES string of the molecule is C=CC1CC(C=CCCCCCC)C([Si](C)(C)O[Si](C)(C)C)C1. The summed E-state index contributed by atoms with van der Waals surface area (Å²) in [6.45, 7) is 18.2. The van der Waals surface area contributed by atoms with Gasteiger partial charge in [0.15, 0.2) is 16.6 Å². The Balaban J connectivity index is 2.66. The summed E-state index contributed by atoms with van der Waals surface area (Å²) >= 11 is 0. The summed E-state index contributed by atoms with van der Waals surface area (Å²) in [5.41, 5.74) is 0.754. The predicted molar refractivity (Wildman–Crippen MR) is 110 cm³/mol. The molecule has 0 heterocycles. The molecule has 1 saturated carbocycles. The van der Waals surface area contributed by atoms with Crippen LogP contribution < -0.4 is 0 Å². The van der Waals surface area contributed by atoms with E-state index in [9.17, 15) is 0 Å². The highest BCUT2D eigenvalue weighted by molar-refractivity contribution is 6.85. The molecule has 1 rings (SSSR count). The first-order chi connectivity index (χ1) is 10.7. The fourth-order valence-electron chi connectivity index (χ4n) is 4.14. The highest BCUT2D eigenvalue weighted by atomic mass is 28.4. The molecule has 1 aliphatic rings. The first-order valence-electron chi connectivity index (χ1n) is 9.69. The maximum atomic E-state index is 6.70. The van der Waals surface area contributed by atoms with Crippen LogP contribution >= 0.6 is 0 Å². The van der Waals surface area contributed by atoms with Gasteiger partial charge in [0.25, 0.3) is 0 Å². The van der Waals surface area contributed by atoms with Crippen LogP contribution in [0.25, 0.3) is 0 Å². The van der Waals surface area contributed by atoms with Crippen LogP contribution in [-0.4, -0.2) is 16.6 Å². The number of allylic oxidation sites excluding steroid dienone is 3. The van der Waals surface area contributed by atoms with Gasteiger partial charge >= 0.3 is 0 Å². The Morgan fingerprint density at radius 3 is 2.30 bits per heavy atom. The lowest BCUT2D eigenvalue weighted by Gasteiger charge is -2.38. The maximum absolute atomic E-state index is 6.70. The van der Waals surface area contributed by atoms with Crippen LogP contribution in [0, 0.1) is 11.8 Å². The van der Waals surface area contributed by atoms with Gasteiger partial charge in [-0.05, 0) is 75.8 Å². The van der Waals surface area contributed by atoms with Crippen molar-refractivity contribution in [1.29, 1.82) is 0 Å². The lowest BCUT2D eigenvalue weighted by atomic mass is 10.0. The lowest BCUT2D eigenvalue weighted by molar-refractivity contribution is 0.500. The normalized spacial score (nSPS) is 26.1. The molecule has 0 saturated heterocycles. The molecule has 0 spiro atoms. The molecular formula is C20H40OSi2. The van der Waals surface area contributed by atoms with E-state index < -0.39 is 16.6 Å². The Labute approximate surface area is 147 Å². The molecule has 0 N–H and O–H groups in total. The summed E-state index contributed by atoms with van der Waals surface area (Å²) in [5.74, 6) is 1.40. The Kier molecular flexibility index (Phi) is 8.53. The smallest absolute Gasteiger partial charge is 0.177 e. The van der Waals surface area contributed by atoms with Crippen molar-refractivity contribution in [1.82, 2.24) is 0 Å². The molecule has 0 aromatic rings. The minimum absolute atomic E-state index is 0.687. The third-order valence-electron chi connectivity index (χ3n) is 5.05. The second kappa shape index (κ2) is 9.38.